The van der Waals surface area contributed by atoms with Gasteiger partial charge in [-0.3, -0.25) is 0 Å². The highest BCUT2D eigenvalue weighted by molar-refractivity contribution is 6.39. The summed E-state index contributed by atoms with van der Waals surface area (Å²) in [6.07, 6.45) is 5.59. The van der Waals surface area contributed by atoms with E-state index in [1.807, 2.05) is 11.0 Å². The monoisotopic (exact) mass is 567 g/mol. The lowest BCUT2D eigenvalue weighted by molar-refractivity contribution is 0.0697. The Morgan fingerprint density at radius 3 is 2.51 bits per heavy atom. The molecule has 2 N–H and O–H groups in total. The summed E-state index contributed by atoms with van der Waals surface area (Å²) in [5.74, 6) is 1.25. The van der Waals surface area contributed by atoms with Crippen LogP contribution in [-0.4, -0.2) is 39.2 Å². The van der Waals surface area contributed by atoms with Crippen molar-refractivity contribution in [3.8, 4) is 11.3 Å². The predicted molar refractivity (Wildman–Crippen MR) is 147 cm³/mol. The molecule has 3 heterocycles. The van der Waals surface area contributed by atoms with E-state index >= 15 is 0 Å². The molecule has 2 bridgehead atoms. The highest BCUT2D eigenvalue weighted by Crippen LogP contribution is 2.47. The van der Waals surface area contributed by atoms with E-state index in [1.54, 1.807) is 30.3 Å². The fraction of sp³-hybridized carbons (Fsp3) is 0.345. The van der Waals surface area contributed by atoms with E-state index < -0.39 is 5.97 Å². The van der Waals surface area contributed by atoms with Crippen molar-refractivity contribution < 1.29 is 24.0 Å². The Morgan fingerprint density at radius 2 is 1.87 bits per heavy atom. The molecule has 1 aromatic heterocycles. The third-order valence-electron chi connectivity index (χ3n) is 7.72. The van der Waals surface area contributed by atoms with Crippen molar-refractivity contribution in [3.05, 3.63) is 81.2 Å². The number of hydrogen-bond acceptors (Lipinski definition) is 5. The minimum Gasteiger partial charge on any atom is -0.493 e. The molecule has 2 fully saturated rings. The van der Waals surface area contributed by atoms with Crippen LogP contribution in [0.2, 0.25) is 10.0 Å². The molecule has 8 nitrogen and oxygen atoms in total. The molecular formula is C29H27Cl2N3O5. The number of hydrogen-bond donors (Lipinski definition) is 2. The lowest BCUT2D eigenvalue weighted by Crippen LogP contribution is -2.46. The second-order valence-electron chi connectivity index (χ2n) is 10.4. The van der Waals surface area contributed by atoms with E-state index in [9.17, 15) is 9.59 Å². The largest absolute Gasteiger partial charge is 0.493 e. The van der Waals surface area contributed by atoms with Gasteiger partial charge >= 0.3 is 12.0 Å². The Hall–Kier alpha value is -3.49. The van der Waals surface area contributed by atoms with E-state index in [4.69, 9.17) is 37.6 Å². The smallest absolute Gasteiger partial charge is 0.335 e. The van der Waals surface area contributed by atoms with Gasteiger partial charge in [-0.1, -0.05) is 41.3 Å². The summed E-state index contributed by atoms with van der Waals surface area (Å²) in [6, 6.07) is 11.2. The van der Waals surface area contributed by atoms with E-state index in [0.717, 1.165) is 36.3 Å². The first-order valence-corrected chi connectivity index (χ1v) is 13.7. The Balaban J connectivity index is 1.19. The van der Waals surface area contributed by atoms with Crippen LogP contribution in [0.4, 0.5) is 10.5 Å². The van der Waals surface area contributed by atoms with E-state index in [-0.39, 0.29) is 36.2 Å². The molecule has 0 spiro atoms. The van der Waals surface area contributed by atoms with Gasteiger partial charge < -0.3 is 24.6 Å². The minimum atomic E-state index is -1.01. The minimum absolute atomic E-state index is 0.00819. The molecule has 2 aliphatic heterocycles. The van der Waals surface area contributed by atoms with Crippen molar-refractivity contribution in [2.75, 3.05) is 5.32 Å². The van der Waals surface area contributed by atoms with Crippen LogP contribution < -0.4 is 5.32 Å². The third kappa shape index (κ3) is 4.99. The predicted octanol–water partition coefficient (Wildman–Crippen LogP) is 7.34. The molecule has 2 unspecified atom stereocenters. The molecule has 2 amide bonds. The van der Waals surface area contributed by atoms with Crippen LogP contribution >= 0.6 is 23.2 Å². The number of ether oxygens (including phenoxy) is 1. The van der Waals surface area contributed by atoms with Crippen molar-refractivity contribution in [1.29, 1.82) is 0 Å². The maximum absolute atomic E-state index is 13.2. The maximum atomic E-state index is 13.2. The van der Waals surface area contributed by atoms with E-state index in [2.05, 4.69) is 17.4 Å². The number of benzene rings is 2. The number of fused-ring (bicyclic) bond motifs is 2. The number of carbonyl (C=O) groups excluding carboxylic acids is 1. The second kappa shape index (κ2) is 10.2. The average molecular weight is 568 g/mol. The van der Waals surface area contributed by atoms with Gasteiger partial charge in [0.05, 0.1) is 33.0 Å². The number of carbonyl (C=O) groups is 2. The molecule has 0 radical (unpaired) electrons. The van der Waals surface area contributed by atoms with Crippen LogP contribution in [0.25, 0.3) is 11.3 Å². The summed E-state index contributed by atoms with van der Waals surface area (Å²) in [7, 11) is 0. The molecule has 3 aliphatic rings. The Kier molecular flexibility index (Phi) is 6.77. The maximum Gasteiger partial charge on any atom is 0.335 e. The number of halogens is 2. The van der Waals surface area contributed by atoms with Crippen molar-refractivity contribution in [3.63, 3.8) is 0 Å². The molecule has 39 heavy (non-hydrogen) atoms. The standard InChI is InChI=1S/C29H27Cl2N3O5/c1-15-11-19-12-20(13-24(15)34(19)29(37)32-18-9-7-17(8-10-18)28(35)36)38-14-21-26(33-39-27(21)16-5-6-16)25-22(30)3-2-4-23(25)31/h2-4,7-10,13,15-16,19,24H,5-6,11-12,14H2,1H3,(H,32,37)(H,35,36)/t15-,19?,24?/m1/s1. The second-order valence-corrected chi connectivity index (χ2v) is 11.3. The number of aromatic nitrogens is 1. The van der Waals surface area contributed by atoms with Gasteiger partial charge in [0.25, 0.3) is 0 Å². The zero-order valence-corrected chi connectivity index (χ0v) is 22.7. The van der Waals surface area contributed by atoms with Gasteiger partial charge in [-0.2, -0.15) is 0 Å². The molecule has 202 valence electrons. The summed E-state index contributed by atoms with van der Waals surface area (Å²) in [5, 5.41) is 17.4. The zero-order valence-electron chi connectivity index (χ0n) is 21.2. The molecule has 1 saturated heterocycles. The SMILES string of the molecule is C[C@@H]1CC2CC(OCc3c(-c4c(Cl)cccc4Cl)noc3C3CC3)=CC1N2C(=O)Nc1ccc(C(=O)O)cc1. The van der Waals surface area contributed by atoms with Gasteiger partial charge in [-0.05, 0) is 67.7 Å². The number of nitrogens with zero attached hydrogens (tertiary/aromatic N) is 2. The van der Waals surface area contributed by atoms with Gasteiger partial charge in [0.1, 0.15) is 18.1 Å². The molecule has 3 atom stereocenters. The van der Waals surface area contributed by atoms with Crippen molar-refractivity contribution >= 4 is 40.9 Å². The first-order chi connectivity index (χ1) is 18.8. The molecule has 1 aliphatic carbocycles. The zero-order chi connectivity index (χ0) is 27.3. The lowest BCUT2D eigenvalue weighted by atomic mass is 10.0. The average Bonchev–Trinajstić information content (AvgIpc) is 3.63. The number of rotatable bonds is 7. The summed E-state index contributed by atoms with van der Waals surface area (Å²) in [4.78, 5) is 26.2. The first kappa shape index (κ1) is 25.8. The number of amides is 2. The van der Waals surface area contributed by atoms with E-state index in [0.29, 0.717) is 39.3 Å². The molecule has 3 aromatic rings. The van der Waals surface area contributed by atoms with Gasteiger partial charge in [0.15, 0.2) is 0 Å². The molecule has 2 aromatic carbocycles. The van der Waals surface area contributed by atoms with Crippen molar-refractivity contribution in [1.82, 2.24) is 10.1 Å². The summed E-state index contributed by atoms with van der Waals surface area (Å²) in [6.45, 7) is 2.41. The topological polar surface area (TPSA) is 105 Å². The normalized spacial score (nSPS) is 22.0. The Labute approximate surface area is 235 Å². The summed E-state index contributed by atoms with van der Waals surface area (Å²) < 4.78 is 12.1. The van der Waals surface area contributed by atoms with Crippen molar-refractivity contribution in [2.24, 2.45) is 5.92 Å². The van der Waals surface area contributed by atoms with Gasteiger partial charge in [0, 0.05) is 29.6 Å². The Morgan fingerprint density at radius 1 is 1.15 bits per heavy atom. The first-order valence-electron chi connectivity index (χ1n) is 13.0. The number of nitrogens with one attached hydrogen (secondary N) is 1. The quantitative estimate of drug-likeness (QED) is 0.309. The van der Waals surface area contributed by atoms with Crippen LogP contribution in [0.1, 0.15) is 60.2 Å². The lowest BCUT2D eigenvalue weighted by Gasteiger charge is -2.34. The van der Waals surface area contributed by atoms with Gasteiger partial charge in [-0.25, -0.2) is 9.59 Å². The van der Waals surface area contributed by atoms with E-state index in [1.165, 1.54) is 12.1 Å². The summed E-state index contributed by atoms with van der Waals surface area (Å²) >= 11 is 13.0. The van der Waals surface area contributed by atoms with Crippen molar-refractivity contribution in [2.45, 2.75) is 57.2 Å². The molecule has 1 saturated carbocycles. The fourth-order valence-electron chi connectivity index (χ4n) is 5.62. The van der Waals surface area contributed by atoms with Crippen LogP contribution in [-0.2, 0) is 11.3 Å². The van der Waals surface area contributed by atoms with Gasteiger partial charge in [0.2, 0.25) is 0 Å². The fourth-order valence-corrected chi connectivity index (χ4v) is 6.20. The number of urea groups is 1. The highest BCUT2D eigenvalue weighted by Gasteiger charge is 2.44. The molecular weight excluding hydrogens is 541 g/mol. The highest BCUT2D eigenvalue weighted by atomic mass is 35.5. The van der Waals surface area contributed by atoms with Crippen LogP contribution in [0.5, 0.6) is 0 Å². The number of carboxylic acid groups (broad SMARTS) is 1. The third-order valence-corrected chi connectivity index (χ3v) is 8.35. The van der Waals surface area contributed by atoms with Crippen LogP contribution in [0, 0.1) is 5.92 Å². The summed E-state index contributed by atoms with van der Waals surface area (Å²) in [5.41, 5.74) is 2.82. The number of carboxylic acids is 1. The van der Waals surface area contributed by atoms with Gasteiger partial charge in [-0.15, -0.1) is 0 Å². The Bertz CT molecular complexity index is 1440. The molecule has 10 heteroatoms. The number of anilines is 1. The molecule has 6 rings (SSSR count). The number of aromatic carboxylic acids is 1. The van der Waals surface area contributed by atoms with Crippen LogP contribution in [0.3, 0.4) is 0 Å². The van der Waals surface area contributed by atoms with Crippen LogP contribution in [0.15, 0.2) is 58.8 Å².